The van der Waals surface area contributed by atoms with Gasteiger partial charge in [0.05, 0.1) is 13.2 Å². The third-order valence-electron chi connectivity index (χ3n) is 3.39. The normalized spacial score (nSPS) is 12.0. The summed E-state index contributed by atoms with van der Waals surface area (Å²) < 4.78 is 11.2. The van der Waals surface area contributed by atoms with Crippen LogP contribution in [0.2, 0.25) is 5.02 Å². The largest absolute Gasteiger partial charge is 0.493 e. The summed E-state index contributed by atoms with van der Waals surface area (Å²) in [4.78, 5) is 0. The molecule has 1 atom stereocenters. The Labute approximate surface area is 136 Å². The maximum Gasteiger partial charge on any atom is 0.161 e. The molecule has 1 N–H and O–H groups in total. The average molecular weight is 321 g/mol. The number of halogens is 1. The van der Waals surface area contributed by atoms with Gasteiger partial charge in [0.25, 0.3) is 0 Å². The van der Waals surface area contributed by atoms with Gasteiger partial charge >= 0.3 is 0 Å². The van der Waals surface area contributed by atoms with E-state index >= 15 is 0 Å². The van der Waals surface area contributed by atoms with Crippen LogP contribution in [0.1, 0.15) is 24.5 Å². The fraction of sp³-hybridized carbons (Fsp3) is 0.333. The molecule has 118 valence electrons. The lowest BCUT2D eigenvalue weighted by atomic mass is 10.1. The van der Waals surface area contributed by atoms with Crippen LogP contribution in [-0.2, 0) is 13.0 Å². The van der Waals surface area contributed by atoms with Crippen LogP contribution in [-0.4, -0.2) is 18.3 Å². The second kappa shape index (κ2) is 8.06. The summed E-state index contributed by atoms with van der Waals surface area (Å²) in [6.45, 7) is 2.25. The van der Waals surface area contributed by atoms with Gasteiger partial charge in [0.2, 0.25) is 0 Å². The van der Waals surface area contributed by atoms with E-state index in [0.29, 0.717) is 23.1 Å². The minimum Gasteiger partial charge on any atom is -0.493 e. The SMILES string of the molecule is COc1cc(CCC(C)O)ccc1OCc1ccc(Cl)cc1. The predicted molar refractivity (Wildman–Crippen MR) is 88.8 cm³/mol. The summed E-state index contributed by atoms with van der Waals surface area (Å²) >= 11 is 5.87. The highest BCUT2D eigenvalue weighted by molar-refractivity contribution is 6.30. The molecular weight excluding hydrogens is 300 g/mol. The molecule has 0 bridgehead atoms. The minimum atomic E-state index is -0.299. The fourth-order valence-electron chi connectivity index (χ4n) is 2.10. The zero-order valence-corrected chi connectivity index (χ0v) is 13.6. The second-order valence-corrected chi connectivity index (χ2v) is 5.72. The standard InChI is InChI=1S/C18H21ClO3/c1-13(20)3-4-14-7-10-17(18(11-14)21-2)22-12-15-5-8-16(19)9-6-15/h5-11,13,20H,3-4,12H2,1-2H3. The zero-order chi connectivity index (χ0) is 15.9. The number of aryl methyl sites for hydroxylation is 1. The molecule has 0 aromatic heterocycles. The van der Waals surface area contributed by atoms with Gasteiger partial charge in [-0.2, -0.15) is 0 Å². The van der Waals surface area contributed by atoms with Crippen LogP contribution >= 0.6 is 11.6 Å². The lowest BCUT2D eigenvalue weighted by Gasteiger charge is -2.13. The Bertz CT molecular complexity index is 594. The molecule has 0 amide bonds. The van der Waals surface area contributed by atoms with E-state index in [1.165, 1.54) is 0 Å². The van der Waals surface area contributed by atoms with E-state index < -0.39 is 0 Å². The molecule has 2 rings (SSSR count). The Kier molecular flexibility index (Phi) is 6.10. The van der Waals surface area contributed by atoms with E-state index in [1.807, 2.05) is 42.5 Å². The topological polar surface area (TPSA) is 38.7 Å². The van der Waals surface area contributed by atoms with Crippen LogP contribution < -0.4 is 9.47 Å². The molecular formula is C18H21ClO3. The zero-order valence-electron chi connectivity index (χ0n) is 12.9. The molecule has 3 nitrogen and oxygen atoms in total. The smallest absolute Gasteiger partial charge is 0.161 e. The highest BCUT2D eigenvalue weighted by Gasteiger charge is 2.07. The lowest BCUT2D eigenvalue weighted by Crippen LogP contribution is -2.02. The van der Waals surface area contributed by atoms with Gasteiger partial charge in [0.15, 0.2) is 11.5 Å². The van der Waals surface area contributed by atoms with Gasteiger partial charge in [0, 0.05) is 5.02 Å². The van der Waals surface area contributed by atoms with Crippen molar-refractivity contribution in [3.8, 4) is 11.5 Å². The maximum atomic E-state index is 9.36. The third-order valence-corrected chi connectivity index (χ3v) is 3.64. The first kappa shape index (κ1) is 16.7. The fourth-order valence-corrected chi connectivity index (χ4v) is 2.23. The van der Waals surface area contributed by atoms with Gasteiger partial charge in [0.1, 0.15) is 6.61 Å². The molecule has 0 fully saturated rings. The van der Waals surface area contributed by atoms with Crippen molar-refractivity contribution >= 4 is 11.6 Å². The van der Waals surface area contributed by atoms with E-state index in [2.05, 4.69) is 0 Å². The summed E-state index contributed by atoms with van der Waals surface area (Å²) in [6.07, 6.45) is 1.24. The lowest BCUT2D eigenvalue weighted by molar-refractivity contribution is 0.185. The number of aliphatic hydroxyl groups is 1. The number of ether oxygens (including phenoxy) is 2. The third kappa shape index (κ3) is 4.93. The van der Waals surface area contributed by atoms with Crippen LogP contribution in [0.15, 0.2) is 42.5 Å². The van der Waals surface area contributed by atoms with E-state index in [9.17, 15) is 5.11 Å². The van der Waals surface area contributed by atoms with Gasteiger partial charge in [-0.1, -0.05) is 29.8 Å². The Morgan fingerprint density at radius 2 is 1.73 bits per heavy atom. The van der Waals surface area contributed by atoms with Crippen LogP contribution in [0.25, 0.3) is 0 Å². The second-order valence-electron chi connectivity index (χ2n) is 5.29. The quantitative estimate of drug-likeness (QED) is 0.829. The molecule has 1 unspecified atom stereocenters. The van der Waals surface area contributed by atoms with Crippen molar-refractivity contribution in [3.05, 3.63) is 58.6 Å². The van der Waals surface area contributed by atoms with Gasteiger partial charge in [-0.25, -0.2) is 0 Å². The van der Waals surface area contributed by atoms with Crippen molar-refractivity contribution in [2.24, 2.45) is 0 Å². The summed E-state index contributed by atoms with van der Waals surface area (Å²) in [5, 5.41) is 10.1. The number of hydrogen-bond acceptors (Lipinski definition) is 3. The number of hydrogen-bond donors (Lipinski definition) is 1. The Balaban J connectivity index is 2.02. The Morgan fingerprint density at radius 3 is 2.36 bits per heavy atom. The predicted octanol–water partition coefficient (Wildman–Crippen LogP) is 4.24. The molecule has 2 aromatic rings. The molecule has 0 aliphatic heterocycles. The van der Waals surface area contributed by atoms with Crippen molar-refractivity contribution < 1.29 is 14.6 Å². The molecule has 0 spiro atoms. The van der Waals surface area contributed by atoms with Crippen molar-refractivity contribution in [1.82, 2.24) is 0 Å². The summed E-state index contributed by atoms with van der Waals surface area (Å²) in [5.41, 5.74) is 2.17. The minimum absolute atomic E-state index is 0.299. The molecule has 0 radical (unpaired) electrons. The van der Waals surface area contributed by atoms with Gasteiger partial charge < -0.3 is 14.6 Å². The number of rotatable bonds is 7. The Morgan fingerprint density at radius 1 is 1.05 bits per heavy atom. The molecule has 0 aliphatic carbocycles. The van der Waals surface area contributed by atoms with Crippen LogP contribution in [0.4, 0.5) is 0 Å². The summed E-state index contributed by atoms with van der Waals surface area (Å²) in [7, 11) is 1.63. The molecule has 0 aliphatic rings. The number of methoxy groups -OCH3 is 1. The summed E-state index contributed by atoms with van der Waals surface area (Å²) in [6, 6.07) is 13.4. The van der Waals surface area contributed by atoms with E-state index in [1.54, 1.807) is 14.0 Å². The number of aliphatic hydroxyl groups excluding tert-OH is 1. The highest BCUT2D eigenvalue weighted by atomic mass is 35.5. The first-order valence-corrected chi connectivity index (χ1v) is 7.68. The Hall–Kier alpha value is -1.71. The van der Waals surface area contributed by atoms with Crippen molar-refractivity contribution in [1.29, 1.82) is 0 Å². The molecule has 0 saturated carbocycles. The van der Waals surface area contributed by atoms with E-state index in [0.717, 1.165) is 24.0 Å². The highest BCUT2D eigenvalue weighted by Crippen LogP contribution is 2.29. The van der Waals surface area contributed by atoms with Crippen LogP contribution in [0.5, 0.6) is 11.5 Å². The van der Waals surface area contributed by atoms with Crippen LogP contribution in [0.3, 0.4) is 0 Å². The monoisotopic (exact) mass is 320 g/mol. The molecule has 4 heteroatoms. The van der Waals surface area contributed by atoms with E-state index in [-0.39, 0.29) is 6.10 Å². The van der Waals surface area contributed by atoms with Gasteiger partial charge in [-0.15, -0.1) is 0 Å². The van der Waals surface area contributed by atoms with Gasteiger partial charge in [-0.05, 0) is 55.2 Å². The molecule has 22 heavy (non-hydrogen) atoms. The molecule has 0 heterocycles. The molecule has 0 saturated heterocycles. The van der Waals surface area contributed by atoms with E-state index in [4.69, 9.17) is 21.1 Å². The van der Waals surface area contributed by atoms with Gasteiger partial charge in [-0.3, -0.25) is 0 Å². The van der Waals surface area contributed by atoms with Crippen molar-refractivity contribution in [2.75, 3.05) is 7.11 Å². The number of benzene rings is 2. The first-order valence-electron chi connectivity index (χ1n) is 7.30. The first-order chi connectivity index (χ1) is 10.6. The van der Waals surface area contributed by atoms with Crippen molar-refractivity contribution in [3.63, 3.8) is 0 Å². The average Bonchev–Trinajstić information content (AvgIpc) is 2.52. The summed E-state index contributed by atoms with van der Waals surface area (Å²) in [5.74, 6) is 1.41. The molecule has 2 aromatic carbocycles. The van der Waals surface area contributed by atoms with Crippen molar-refractivity contribution in [2.45, 2.75) is 32.5 Å². The maximum absolute atomic E-state index is 9.36. The van der Waals surface area contributed by atoms with Crippen LogP contribution in [0, 0.1) is 0 Å².